The molecule has 0 radical (unpaired) electrons. The van der Waals surface area contributed by atoms with E-state index in [1.165, 1.54) is 6.21 Å². The Balaban J connectivity index is 2.47. The molecular formula is C23H26BrNO5. The van der Waals surface area contributed by atoms with Crippen LogP contribution in [0.3, 0.4) is 0 Å². The normalized spacial score (nSPS) is 12.4. The Morgan fingerprint density at radius 2 is 1.70 bits per heavy atom. The molecule has 0 aliphatic rings. The highest BCUT2D eigenvalue weighted by Crippen LogP contribution is 2.35. The summed E-state index contributed by atoms with van der Waals surface area (Å²) in [5.41, 5.74) is 1.78. The first kappa shape index (κ1) is 23.8. The van der Waals surface area contributed by atoms with Crippen molar-refractivity contribution in [3.63, 3.8) is 0 Å². The van der Waals surface area contributed by atoms with Crippen molar-refractivity contribution in [3.05, 3.63) is 57.6 Å². The molecule has 0 bridgehead atoms. The largest absolute Gasteiger partial charge is 0.422 e. The van der Waals surface area contributed by atoms with E-state index in [9.17, 15) is 14.7 Å². The first-order valence-corrected chi connectivity index (χ1v) is 10.4. The van der Waals surface area contributed by atoms with Gasteiger partial charge >= 0.3 is 11.9 Å². The molecule has 0 aliphatic carbocycles. The lowest BCUT2D eigenvalue weighted by molar-refractivity contribution is -0.137. The quantitative estimate of drug-likeness (QED) is 0.348. The Morgan fingerprint density at radius 1 is 1.07 bits per heavy atom. The van der Waals surface area contributed by atoms with Crippen LogP contribution in [0.4, 0.5) is 0 Å². The number of carbonyl (C=O) groups excluding carboxylic acids is 2. The fourth-order valence-electron chi connectivity index (χ4n) is 2.27. The molecule has 2 aromatic carbocycles. The topological polar surface area (TPSA) is 85.2 Å². The molecule has 0 saturated carbocycles. The standard InChI is InChI=1S/C23H26BrNO5/c1-13(2)21(26)25-12-17-10-18(24)11-19(20(17)30-22(27)14(3)4)29-23(28)16-8-6-15(5)7-9-16/h6-14,21,26H,1-5H3/b25-12+. The number of halogens is 1. The predicted octanol–water partition coefficient (Wildman–Crippen LogP) is 4.93. The van der Waals surface area contributed by atoms with Crippen LogP contribution in [-0.2, 0) is 4.79 Å². The fourth-order valence-corrected chi connectivity index (χ4v) is 2.72. The first-order chi connectivity index (χ1) is 14.1. The van der Waals surface area contributed by atoms with Crippen molar-refractivity contribution in [1.82, 2.24) is 0 Å². The smallest absolute Gasteiger partial charge is 0.343 e. The van der Waals surface area contributed by atoms with Gasteiger partial charge in [-0.05, 0) is 37.1 Å². The Hall–Kier alpha value is -2.51. The van der Waals surface area contributed by atoms with Crippen molar-refractivity contribution >= 4 is 34.1 Å². The van der Waals surface area contributed by atoms with Crippen LogP contribution in [0.5, 0.6) is 11.5 Å². The third kappa shape index (κ3) is 6.50. The van der Waals surface area contributed by atoms with Gasteiger partial charge in [-0.2, -0.15) is 0 Å². The highest BCUT2D eigenvalue weighted by atomic mass is 79.9. The summed E-state index contributed by atoms with van der Waals surface area (Å²) in [6.07, 6.45) is 0.484. The lowest BCUT2D eigenvalue weighted by Crippen LogP contribution is -2.18. The monoisotopic (exact) mass is 475 g/mol. The lowest BCUT2D eigenvalue weighted by atomic mass is 10.1. The second-order valence-electron chi connectivity index (χ2n) is 7.59. The van der Waals surface area contributed by atoms with Crippen molar-refractivity contribution in [2.75, 3.05) is 0 Å². The number of nitrogens with zero attached hydrogens (tertiary/aromatic N) is 1. The summed E-state index contributed by atoms with van der Waals surface area (Å²) >= 11 is 3.38. The molecule has 160 valence electrons. The fraction of sp³-hybridized carbons (Fsp3) is 0.348. The number of aliphatic hydroxyl groups excluding tert-OH is 1. The van der Waals surface area contributed by atoms with E-state index in [0.29, 0.717) is 15.6 Å². The number of aliphatic hydroxyl groups is 1. The van der Waals surface area contributed by atoms with Gasteiger partial charge in [-0.25, -0.2) is 4.79 Å². The summed E-state index contributed by atoms with van der Waals surface area (Å²) in [6.45, 7) is 8.99. The number of hydrogen-bond donors (Lipinski definition) is 1. The Morgan fingerprint density at radius 3 is 2.27 bits per heavy atom. The molecule has 1 atom stereocenters. The maximum absolute atomic E-state index is 12.6. The van der Waals surface area contributed by atoms with Crippen LogP contribution < -0.4 is 9.47 Å². The minimum atomic E-state index is -0.920. The molecule has 0 amide bonds. The summed E-state index contributed by atoms with van der Waals surface area (Å²) in [6, 6.07) is 10.2. The highest BCUT2D eigenvalue weighted by molar-refractivity contribution is 9.10. The Bertz CT molecular complexity index is 935. The molecule has 2 rings (SSSR count). The van der Waals surface area contributed by atoms with E-state index in [-0.39, 0.29) is 23.3 Å². The van der Waals surface area contributed by atoms with Gasteiger partial charge in [-0.3, -0.25) is 9.79 Å². The molecule has 0 aliphatic heterocycles. The second kappa shape index (κ2) is 10.5. The van der Waals surface area contributed by atoms with Crippen LogP contribution in [-0.4, -0.2) is 29.5 Å². The van der Waals surface area contributed by atoms with E-state index in [2.05, 4.69) is 20.9 Å². The predicted molar refractivity (Wildman–Crippen MR) is 119 cm³/mol. The summed E-state index contributed by atoms with van der Waals surface area (Å²) in [5, 5.41) is 10.0. The maximum Gasteiger partial charge on any atom is 0.343 e. The van der Waals surface area contributed by atoms with Gasteiger partial charge in [-0.15, -0.1) is 0 Å². The van der Waals surface area contributed by atoms with Gasteiger partial charge in [0.05, 0.1) is 11.5 Å². The molecule has 0 spiro atoms. The van der Waals surface area contributed by atoms with E-state index < -0.39 is 18.2 Å². The van der Waals surface area contributed by atoms with Crippen LogP contribution in [0.2, 0.25) is 0 Å². The number of benzene rings is 2. The van der Waals surface area contributed by atoms with Crippen molar-refractivity contribution in [1.29, 1.82) is 0 Å². The van der Waals surface area contributed by atoms with Crippen LogP contribution >= 0.6 is 15.9 Å². The Labute approximate surface area is 185 Å². The zero-order valence-corrected chi connectivity index (χ0v) is 19.3. The molecule has 0 fully saturated rings. The van der Waals surface area contributed by atoms with Crippen LogP contribution in [0.15, 0.2) is 45.9 Å². The van der Waals surface area contributed by atoms with Crippen LogP contribution in [0, 0.1) is 18.8 Å². The van der Waals surface area contributed by atoms with Crippen molar-refractivity contribution in [2.24, 2.45) is 16.8 Å². The van der Waals surface area contributed by atoms with Gasteiger partial charge in [0, 0.05) is 16.3 Å². The van der Waals surface area contributed by atoms with E-state index in [1.807, 2.05) is 32.9 Å². The molecule has 7 heteroatoms. The molecule has 0 heterocycles. The third-order valence-electron chi connectivity index (χ3n) is 4.17. The third-order valence-corrected chi connectivity index (χ3v) is 4.63. The van der Waals surface area contributed by atoms with E-state index >= 15 is 0 Å². The van der Waals surface area contributed by atoms with E-state index in [0.717, 1.165) is 5.56 Å². The number of aliphatic imine (C=N–C) groups is 1. The lowest BCUT2D eigenvalue weighted by Gasteiger charge is -2.15. The summed E-state index contributed by atoms with van der Waals surface area (Å²) in [5.74, 6) is -1.40. The number of carbonyl (C=O) groups is 2. The van der Waals surface area contributed by atoms with Gasteiger partial charge in [0.2, 0.25) is 0 Å². The molecule has 1 N–H and O–H groups in total. The molecule has 30 heavy (non-hydrogen) atoms. The van der Waals surface area contributed by atoms with Gasteiger partial charge in [0.1, 0.15) is 6.23 Å². The molecule has 2 aromatic rings. The molecule has 0 saturated heterocycles. The number of hydrogen-bond acceptors (Lipinski definition) is 6. The van der Waals surface area contributed by atoms with Crippen LogP contribution in [0.1, 0.15) is 49.2 Å². The van der Waals surface area contributed by atoms with E-state index in [1.54, 1.807) is 38.1 Å². The summed E-state index contributed by atoms with van der Waals surface area (Å²) < 4.78 is 11.7. The minimum absolute atomic E-state index is 0.0667. The van der Waals surface area contributed by atoms with Crippen LogP contribution in [0.25, 0.3) is 0 Å². The minimum Gasteiger partial charge on any atom is -0.422 e. The second-order valence-corrected chi connectivity index (χ2v) is 8.51. The highest BCUT2D eigenvalue weighted by Gasteiger charge is 2.21. The average Bonchev–Trinajstić information content (AvgIpc) is 2.68. The summed E-state index contributed by atoms with van der Waals surface area (Å²) in [7, 11) is 0. The van der Waals surface area contributed by atoms with Crippen molar-refractivity contribution in [2.45, 2.75) is 40.8 Å². The Kier molecular flexibility index (Phi) is 8.32. The zero-order valence-electron chi connectivity index (χ0n) is 17.7. The zero-order chi connectivity index (χ0) is 22.4. The first-order valence-electron chi connectivity index (χ1n) is 9.63. The molecule has 1 unspecified atom stereocenters. The van der Waals surface area contributed by atoms with E-state index in [4.69, 9.17) is 9.47 Å². The van der Waals surface area contributed by atoms with Gasteiger partial charge in [0.15, 0.2) is 11.5 Å². The summed E-state index contributed by atoms with van der Waals surface area (Å²) in [4.78, 5) is 29.0. The van der Waals surface area contributed by atoms with Gasteiger partial charge in [0.25, 0.3) is 0 Å². The molecule has 6 nitrogen and oxygen atoms in total. The van der Waals surface area contributed by atoms with Gasteiger partial charge in [-0.1, -0.05) is 61.3 Å². The van der Waals surface area contributed by atoms with Crippen molar-refractivity contribution < 1.29 is 24.2 Å². The number of aryl methyl sites for hydroxylation is 1. The number of ether oxygens (including phenoxy) is 2. The number of esters is 2. The van der Waals surface area contributed by atoms with Gasteiger partial charge < -0.3 is 14.6 Å². The maximum atomic E-state index is 12.6. The number of rotatable bonds is 7. The molecular weight excluding hydrogens is 450 g/mol. The average molecular weight is 476 g/mol. The molecule has 0 aromatic heterocycles. The SMILES string of the molecule is Cc1ccc(C(=O)Oc2cc(Br)cc(/C=N/C(O)C(C)C)c2OC(=O)C(C)C)cc1. The van der Waals surface area contributed by atoms with Crippen molar-refractivity contribution in [3.8, 4) is 11.5 Å².